The van der Waals surface area contributed by atoms with Gasteiger partial charge in [-0.15, -0.1) is 0 Å². The minimum atomic E-state index is -0.365. The van der Waals surface area contributed by atoms with E-state index in [4.69, 9.17) is 14.2 Å². The molecule has 0 aliphatic heterocycles. The average Bonchev–Trinajstić information content (AvgIpc) is 2.72. The second kappa shape index (κ2) is 7.56. The Morgan fingerprint density at radius 3 is 2.52 bits per heavy atom. The molecule has 0 spiro atoms. The molecule has 0 unspecified atom stereocenters. The first kappa shape index (κ1) is 17.7. The fraction of sp³-hybridized carbons (Fsp3) is 0.733. The fourth-order valence-electron chi connectivity index (χ4n) is 1.69. The highest BCUT2D eigenvalue weighted by Crippen LogP contribution is 2.24. The van der Waals surface area contributed by atoms with Crippen molar-refractivity contribution in [1.82, 2.24) is 9.78 Å². The largest absolute Gasteiger partial charge is 0.456 e. The van der Waals surface area contributed by atoms with Crippen LogP contribution in [-0.2, 0) is 21.3 Å². The van der Waals surface area contributed by atoms with E-state index in [2.05, 4.69) is 5.10 Å². The molecular weight excluding hydrogens is 272 g/mol. The number of carbonyl (C=O) groups is 1. The zero-order valence-corrected chi connectivity index (χ0v) is 13.8. The Morgan fingerprint density at radius 1 is 1.38 bits per heavy atom. The third-order valence-corrected chi connectivity index (χ3v) is 3.37. The van der Waals surface area contributed by atoms with Gasteiger partial charge >= 0.3 is 5.97 Å². The summed E-state index contributed by atoms with van der Waals surface area (Å²) >= 11 is 0. The second-order valence-electron chi connectivity index (χ2n) is 6.09. The standard InChI is InChI=1S/C15H26N2O4/c1-11-12(9-16-17(11)5)14(18)21-13(15(2,3)4)10-20-8-7-19-6/h9,13H,7-8,10H2,1-6H3/t13-/m0/s1. The van der Waals surface area contributed by atoms with Gasteiger partial charge in [0.2, 0.25) is 0 Å². The Labute approximate surface area is 126 Å². The number of aromatic nitrogens is 2. The fourth-order valence-corrected chi connectivity index (χ4v) is 1.69. The van der Waals surface area contributed by atoms with Gasteiger partial charge in [-0.05, 0) is 6.92 Å². The minimum Gasteiger partial charge on any atom is -0.456 e. The average molecular weight is 298 g/mol. The van der Waals surface area contributed by atoms with Crippen LogP contribution < -0.4 is 0 Å². The van der Waals surface area contributed by atoms with Crippen molar-refractivity contribution in [3.63, 3.8) is 0 Å². The molecule has 0 N–H and O–H groups in total. The molecule has 1 atom stereocenters. The van der Waals surface area contributed by atoms with Crippen LogP contribution >= 0.6 is 0 Å². The number of ether oxygens (including phenoxy) is 3. The van der Waals surface area contributed by atoms with Crippen molar-refractivity contribution in [3.05, 3.63) is 17.5 Å². The second-order valence-corrected chi connectivity index (χ2v) is 6.09. The van der Waals surface area contributed by atoms with Crippen molar-refractivity contribution < 1.29 is 19.0 Å². The molecule has 120 valence electrons. The Kier molecular flexibility index (Phi) is 6.36. The van der Waals surface area contributed by atoms with Crippen LogP contribution in [0.25, 0.3) is 0 Å². The normalized spacial score (nSPS) is 13.2. The van der Waals surface area contributed by atoms with Gasteiger partial charge in [-0.3, -0.25) is 4.68 Å². The lowest BCUT2D eigenvalue weighted by molar-refractivity contribution is -0.0511. The number of hydrogen-bond acceptors (Lipinski definition) is 5. The SMILES string of the molecule is COCCOC[C@H](OC(=O)c1cnn(C)c1C)C(C)(C)C. The lowest BCUT2D eigenvalue weighted by Crippen LogP contribution is -2.36. The van der Waals surface area contributed by atoms with Gasteiger partial charge in [-0.2, -0.15) is 5.10 Å². The predicted octanol–water partition coefficient (Wildman–Crippen LogP) is 1.96. The molecule has 0 saturated heterocycles. The van der Waals surface area contributed by atoms with Gasteiger partial charge in [0.15, 0.2) is 0 Å². The number of rotatable bonds is 7. The molecule has 0 radical (unpaired) electrons. The van der Waals surface area contributed by atoms with Crippen LogP contribution in [0, 0.1) is 12.3 Å². The lowest BCUT2D eigenvalue weighted by atomic mass is 9.89. The maximum Gasteiger partial charge on any atom is 0.341 e. The number of esters is 1. The minimum absolute atomic E-state index is 0.209. The van der Waals surface area contributed by atoms with Gasteiger partial charge in [0.25, 0.3) is 0 Å². The number of methoxy groups -OCH3 is 1. The Balaban J connectivity index is 2.68. The summed E-state index contributed by atoms with van der Waals surface area (Å²) in [5.74, 6) is -0.365. The first-order valence-electron chi connectivity index (χ1n) is 7.03. The van der Waals surface area contributed by atoms with Crippen LogP contribution in [-0.4, -0.2) is 48.8 Å². The zero-order chi connectivity index (χ0) is 16.0. The van der Waals surface area contributed by atoms with E-state index in [-0.39, 0.29) is 17.5 Å². The zero-order valence-electron chi connectivity index (χ0n) is 13.8. The Morgan fingerprint density at radius 2 is 2.05 bits per heavy atom. The molecule has 1 aromatic heterocycles. The summed E-state index contributed by atoms with van der Waals surface area (Å²) in [6.45, 7) is 9.23. The molecule has 21 heavy (non-hydrogen) atoms. The van der Waals surface area contributed by atoms with Crippen LogP contribution in [0.3, 0.4) is 0 Å². The van der Waals surface area contributed by atoms with Crippen LogP contribution in [0.15, 0.2) is 6.20 Å². The van der Waals surface area contributed by atoms with Crippen LogP contribution in [0.5, 0.6) is 0 Å². The summed E-state index contributed by atoms with van der Waals surface area (Å²) in [6, 6.07) is 0. The van der Waals surface area contributed by atoms with Crippen molar-refractivity contribution in [2.24, 2.45) is 12.5 Å². The molecule has 0 aliphatic rings. The molecule has 0 aliphatic carbocycles. The predicted molar refractivity (Wildman–Crippen MR) is 79.3 cm³/mol. The van der Waals surface area contributed by atoms with Crippen LogP contribution in [0.1, 0.15) is 36.8 Å². The van der Waals surface area contributed by atoms with E-state index in [0.29, 0.717) is 25.4 Å². The quantitative estimate of drug-likeness (QED) is 0.569. The first-order valence-corrected chi connectivity index (χ1v) is 7.03. The van der Waals surface area contributed by atoms with E-state index in [1.165, 1.54) is 6.20 Å². The highest BCUT2D eigenvalue weighted by molar-refractivity contribution is 5.90. The molecule has 0 bridgehead atoms. The molecule has 0 aromatic carbocycles. The van der Waals surface area contributed by atoms with Crippen molar-refractivity contribution in [2.75, 3.05) is 26.9 Å². The number of nitrogens with zero attached hydrogens (tertiary/aromatic N) is 2. The summed E-state index contributed by atoms with van der Waals surface area (Å²) in [4.78, 5) is 12.3. The first-order chi connectivity index (χ1) is 9.77. The van der Waals surface area contributed by atoms with E-state index in [9.17, 15) is 4.79 Å². The molecule has 1 heterocycles. The summed E-state index contributed by atoms with van der Waals surface area (Å²) in [5, 5.41) is 4.06. The molecule has 0 amide bonds. The van der Waals surface area contributed by atoms with E-state index in [1.54, 1.807) is 18.8 Å². The molecule has 6 heteroatoms. The molecule has 6 nitrogen and oxygen atoms in total. The van der Waals surface area contributed by atoms with Crippen LogP contribution in [0.4, 0.5) is 0 Å². The van der Waals surface area contributed by atoms with Crippen molar-refractivity contribution in [3.8, 4) is 0 Å². The maximum atomic E-state index is 12.3. The summed E-state index contributed by atoms with van der Waals surface area (Å²) in [6.07, 6.45) is 1.20. The smallest absolute Gasteiger partial charge is 0.341 e. The summed E-state index contributed by atoms with van der Waals surface area (Å²) in [5.41, 5.74) is 1.07. The molecule has 0 fully saturated rings. The molecule has 0 saturated carbocycles. The lowest BCUT2D eigenvalue weighted by Gasteiger charge is -2.30. The van der Waals surface area contributed by atoms with Gasteiger partial charge in [0, 0.05) is 25.3 Å². The Bertz CT molecular complexity index is 463. The van der Waals surface area contributed by atoms with Crippen molar-refractivity contribution in [2.45, 2.75) is 33.8 Å². The van der Waals surface area contributed by atoms with Gasteiger partial charge in [0.1, 0.15) is 11.7 Å². The van der Waals surface area contributed by atoms with E-state index in [1.807, 2.05) is 27.7 Å². The highest BCUT2D eigenvalue weighted by atomic mass is 16.6. The number of hydrogen-bond donors (Lipinski definition) is 0. The third-order valence-electron chi connectivity index (χ3n) is 3.37. The molecule has 1 aromatic rings. The van der Waals surface area contributed by atoms with E-state index < -0.39 is 0 Å². The van der Waals surface area contributed by atoms with E-state index in [0.717, 1.165) is 5.69 Å². The van der Waals surface area contributed by atoms with Gasteiger partial charge < -0.3 is 14.2 Å². The Hall–Kier alpha value is -1.40. The van der Waals surface area contributed by atoms with Crippen molar-refractivity contribution >= 4 is 5.97 Å². The molecule has 1 rings (SSSR count). The molecular formula is C15H26N2O4. The van der Waals surface area contributed by atoms with E-state index >= 15 is 0 Å². The number of carbonyl (C=O) groups excluding carboxylic acids is 1. The third kappa shape index (κ3) is 5.13. The number of aryl methyl sites for hydroxylation is 1. The highest BCUT2D eigenvalue weighted by Gasteiger charge is 2.30. The van der Waals surface area contributed by atoms with Crippen molar-refractivity contribution in [1.29, 1.82) is 0 Å². The summed E-state index contributed by atoms with van der Waals surface area (Å²) in [7, 11) is 3.41. The summed E-state index contributed by atoms with van der Waals surface area (Å²) < 4.78 is 17.7. The van der Waals surface area contributed by atoms with Gasteiger partial charge in [-0.1, -0.05) is 20.8 Å². The topological polar surface area (TPSA) is 62.6 Å². The van der Waals surface area contributed by atoms with Gasteiger partial charge in [-0.25, -0.2) is 4.79 Å². The van der Waals surface area contributed by atoms with Crippen LogP contribution in [0.2, 0.25) is 0 Å². The van der Waals surface area contributed by atoms with Gasteiger partial charge in [0.05, 0.1) is 26.0 Å². The maximum absolute atomic E-state index is 12.3. The monoisotopic (exact) mass is 298 g/mol.